The second-order valence-corrected chi connectivity index (χ2v) is 13.2. The maximum absolute atomic E-state index is 6.79. The number of hydrogen-bond donors (Lipinski definition) is 0. The molecule has 0 radical (unpaired) electrons. The average molecular weight is 649 g/mol. The third kappa shape index (κ3) is 4.78. The van der Waals surface area contributed by atoms with Gasteiger partial charge in [0.2, 0.25) is 0 Å². The van der Waals surface area contributed by atoms with Crippen molar-refractivity contribution in [2.24, 2.45) is 0 Å². The monoisotopic (exact) mass is 648 g/mol. The second-order valence-electron chi connectivity index (χ2n) is 13.2. The zero-order chi connectivity index (χ0) is 33.7. The van der Waals surface area contributed by atoms with Gasteiger partial charge in [-0.2, -0.15) is 0 Å². The zero-order valence-electron chi connectivity index (χ0n) is 27.9. The van der Waals surface area contributed by atoms with Crippen molar-refractivity contribution in [1.82, 2.24) is 0 Å². The van der Waals surface area contributed by atoms with Gasteiger partial charge >= 0.3 is 0 Å². The van der Waals surface area contributed by atoms with Crippen molar-refractivity contribution in [3.8, 4) is 55.8 Å². The van der Waals surface area contributed by atoms with Crippen LogP contribution in [0.4, 0.5) is 0 Å². The van der Waals surface area contributed by atoms with Gasteiger partial charge in [-0.15, -0.1) is 0 Å². The first-order valence-corrected chi connectivity index (χ1v) is 17.5. The summed E-state index contributed by atoms with van der Waals surface area (Å²) in [6.45, 7) is 0. The molecule has 1 heteroatoms. The lowest BCUT2D eigenvalue weighted by Gasteiger charge is -2.19. The van der Waals surface area contributed by atoms with Gasteiger partial charge in [0.25, 0.3) is 0 Å². The Morgan fingerprint density at radius 2 is 0.745 bits per heavy atom. The summed E-state index contributed by atoms with van der Waals surface area (Å²) in [7, 11) is 0. The molecule has 0 amide bonds. The van der Waals surface area contributed by atoms with Crippen molar-refractivity contribution in [2.75, 3.05) is 0 Å². The fraction of sp³-hybridized carbons (Fsp3) is 0. The molecule has 0 atom stereocenters. The van der Waals surface area contributed by atoms with Crippen LogP contribution in [0.25, 0.3) is 99.1 Å². The lowest BCUT2D eigenvalue weighted by molar-refractivity contribution is 0.632. The van der Waals surface area contributed by atoms with Crippen LogP contribution in [0.15, 0.2) is 199 Å². The molecule has 10 rings (SSSR count). The number of hydrogen-bond acceptors (Lipinski definition) is 1. The molecule has 0 aliphatic carbocycles. The number of furan rings is 1. The summed E-state index contributed by atoms with van der Waals surface area (Å²) in [5, 5.41) is 8.56. The largest absolute Gasteiger partial charge is 0.455 e. The van der Waals surface area contributed by atoms with Crippen molar-refractivity contribution in [3.63, 3.8) is 0 Å². The first-order chi connectivity index (χ1) is 25.3. The van der Waals surface area contributed by atoms with Crippen molar-refractivity contribution >= 4 is 43.3 Å². The summed E-state index contributed by atoms with van der Waals surface area (Å²) in [5.74, 6) is 0.890. The topological polar surface area (TPSA) is 13.1 Å². The molecule has 1 nitrogen and oxygen atoms in total. The summed E-state index contributed by atoms with van der Waals surface area (Å²) in [5.41, 5.74) is 11.5. The first-order valence-electron chi connectivity index (χ1n) is 17.5. The number of rotatable bonds is 5. The Labute approximate surface area is 296 Å². The molecule has 10 aromatic rings. The highest BCUT2D eigenvalue weighted by atomic mass is 16.3. The minimum absolute atomic E-state index is 0.881. The van der Waals surface area contributed by atoms with Gasteiger partial charge in [-0.1, -0.05) is 188 Å². The van der Waals surface area contributed by atoms with Crippen LogP contribution in [0.2, 0.25) is 0 Å². The van der Waals surface area contributed by atoms with Gasteiger partial charge in [-0.25, -0.2) is 0 Å². The Balaban J connectivity index is 1.24. The van der Waals surface area contributed by atoms with Gasteiger partial charge in [0.05, 0.1) is 0 Å². The van der Waals surface area contributed by atoms with E-state index in [2.05, 4.69) is 194 Å². The molecule has 0 N–H and O–H groups in total. The highest BCUT2D eigenvalue weighted by Crippen LogP contribution is 2.49. The van der Waals surface area contributed by atoms with Crippen molar-refractivity contribution < 1.29 is 4.42 Å². The summed E-state index contributed by atoms with van der Waals surface area (Å²) in [6.07, 6.45) is 0. The molecule has 238 valence electrons. The van der Waals surface area contributed by atoms with Crippen LogP contribution in [0.5, 0.6) is 0 Å². The van der Waals surface area contributed by atoms with Gasteiger partial charge in [-0.05, 0) is 77.3 Å². The minimum atomic E-state index is 0.881. The standard InChI is InChI=1S/C50H32O/c1-3-16-35(17-4-1)47-49-44(27-14-28-45(49)51-50(47)37-18-5-2-6-19-37)48-42-24-11-9-22-40(42)46(41-23-10-12-25-43(41)48)36-31-29-34(30-32-36)39-26-13-20-33-15-7-8-21-38(33)39/h1-32H. The van der Waals surface area contributed by atoms with E-state index in [1.165, 1.54) is 65.7 Å². The fourth-order valence-electron chi connectivity index (χ4n) is 8.05. The van der Waals surface area contributed by atoms with Gasteiger partial charge in [-0.3, -0.25) is 0 Å². The predicted octanol–water partition coefficient (Wildman–Crippen LogP) is 14.2. The van der Waals surface area contributed by atoms with E-state index in [-0.39, 0.29) is 0 Å². The predicted molar refractivity (Wildman–Crippen MR) is 216 cm³/mol. The SMILES string of the molecule is c1ccc(-c2oc3cccc(-c4c5ccccc5c(-c5ccc(-c6cccc7ccccc67)cc5)c5ccccc45)c3c2-c2ccccc2)cc1. The molecule has 1 heterocycles. The summed E-state index contributed by atoms with van der Waals surface area (Å²) < 4.78 is 6.79. The summed E-state index contributed by atoms with van der Waals surface area (Å²) in [4.78, 5) is 0. The van der Waals surface area contributed by atoms with Crippen LogP contribution in [-0.4, -0.2) is 0 Å². The van der Waals surface area contributed by atoms with Gasteiger partial charge in [0.1, 0.15) is 11.3 Å². The van der Waals surface area contributed by atoms with Crippen LogP contribution >= 0.6 is 0 Å². The van der Waals surface area contributed by atoms with Crippen LogP contribution in [0.3, 0.4) is 0 Å². The summed E-state index contributed by atoms with van der Waals surface area (Å²) in [6, 6.07) is 69.7. The van der Waals surface area contributed by atoms with Crippen LogP contribution in [0.1, 0.15) is 0 Å². The van der Waals surface area contributed by atoms with Crippen molar-refractivity contribution in [2.45, 2.75) is 0 Å². The molecule has 0 aliphatic rings. The van der Waals surface area contributed by atoms with Gasteiger partial charge < -0.3 is 4.42 Å². The second kappa shape index (κ2) is 12.0. The third-order valence-electron chi connectivity index (χ3n) is 10.3. The zero-order valence-corrected chi connectivity index (χ0v) is 27.9. The van der Waals surface area contributed by atoms with E-state index in [1.807, 2.05) is 0 Å². The highest BCUT2D eigenvalue weighted by molar-refractivity contribution is 6.25. The molecule has 0 saturated carbocycles. The average Bonchev–Trinajstić information content (AvgIpc) is 3.61. The van der Waals surface area contributed by atoms with E-state index >= 15 is 0 Å². The van der Waals surface area contributed by atoms with E-state index in [0.717, 1.165) is 33.4 Å². The third-order valence-corrected chi connectivity index (χ3v) is 10.3. The van der Waals surface area contributed by atoms with Gasteiger partial charge in [0, 0.05) is 16.5 Å². The van der Waals surface area contributed by atoms with Crippen molar-refractivity contribution in [1.29, 1.82) is 0 Å². The molecule has 0 saturated heterocycles. The molecular weight excluding hydrogens is 617 g/mol. The maximum Gasteiger partial charge on any atom is 0.143 e. The Morgan fingerprint density at radius 1 is 0.275 bits per heavy atom. The van der Waals surface area contributed by atoms with Crippen LogP contribution in [0, 0.1) is 0 Å². The molecule has 0 bridgehead atoms. The molecule has 0 aliphatic heterocycles. The molecule has 0 fully saturated rings. The fourth-order valence-corrected chi connectivity index (χ4v) is 8.05. The smallest absolute Gasteiger partial charge is 0.143 e. The lowest BCUT2D eigenvalue weighted by atomic mass is 9.84. The van der Waals surface area contributed by atoms with Crippen LogP contribution in [-0.2, 0) is 0 Å². The van der Waals surface area contributed by atoms with E-state index in [0.29, 0.717) is 0 Å². The molecular formula is C50H32O. The Kier molecular flexibility index (Phi) is 6.89. The quantitative estimate of drug-likeness (QED) is 0.169. The number of fused-ring (bicyclic) bond motifs is 4. The highest BCUT2D eigenvalue weighted by Gasteiger charge is 2.24. The Morgan fingerprint density at radius 3 is 1.41 bits per heavy atom. The molecule has 9 aromatic carbocycles. The molecule has 1 aromatic heterocycles. The first kappa shape index (κ1) is 29.2. The van der Waals surface area contributed by atoms with Crippen LogP contribution < -0.4 is 0 Å². The van der Waals surface area contributed by atoms with E-state index in [9.17, 15) is 0 Å². The van der Waals surface area contributed by atoms with E-state index < -0.39 is 0 Å². The molecule has 0 spiro atoms. The van der Waals surface area contributed by atoms with Crippen molar-refractivity contribution in [3.05, 3.63) is 194 Å². The van der Waals surface area contributed by atoms with E-state index in [4.69, 9.17) is 4.42 Å². The molecule has 0 unspecified atom stereocenters. The minimum Gasteiger partial charge on any atom is -0.455 e. The molecule has 51 heavy (non-hydrogen) atoms. The van der Waals surface area contributed by atoms with E-state index in [1.54, 1.807) is 0 Å². The Hall–Kier alpha value is -6.70. The summed E-state index contributed by atoms with van der Waals surface area (Å²) >= 11 is 0. The lowest BCUT2D eigenvalue weighted by Crippen LogP contribution is -1.92. The van der Waals surface area contributed by atoms with Gasteiger partial charge in [0.15, 0.2) is 0 Å². The maximum atomic E-state index is 6.79. The normalized spacial score (nSPS) is 11.5. The Bertz CT molecular complexity index is 2820. The number of benzene rings is 9.